The third-order valence-electron chi connectivity index (χ3n) is 2.08. The number of aliphatic hydroxyl groups is 1. The van der Waals surface area contributed by atoms with Gasteiger partial charge in [-0.15, -0.1) is 0 Å². The lowest BCUT2D eigenvalue weighted by Gasteiger charge is -2.29. The number of carbonyl (C=O) groups is 1. The molecule has 2 N–H and O–H groups in total. The van der Waals surface area contributed by atoms with E-state index in [1.54, 1.807) is 13.8 Å². The summed E-state index contributed by atoms with van der Waals surface area (Å²) in [6.45, 7) is 3.26. The molecule has 0 aliphatic rings. The van der Waals surface area contributed by atoms with Gasteiger partial charge in [0.25, 0.3) is 0 Å². The highest BCUT2D eigenvalue weighted by Crippen LogP contribution is 2.23. The van der Waals surface area contributed by atoms with E-state index in [-0.39, 0.29) is 13.0 Å². The molecule has 4 heteroatoms. The predicted molar refractivity (Wildman–Crippen MR) is 43.9 cm³/mol. The number of hydrogen-bond donors (Lipinski definition) is 2. The number of methoxy groups -OCH3 is 1. The Labute approximate surface area is 72.2 Å². The van der Waals surface area contributed by atoms with Gasteiger partial charge in [0, 0.05) is 13.7 Å². The van der Waals surface area contributed by atoms with Crippen LogP contribution in [0.15, 0.2) is 0 Å². The normalized spacial score (nSPS) is 14.3. The van der Waals surface area contributed by atoms with Crippen LogP contribution < -0.4 is 0 Å². The Balaban J connectivity index is 4.38. The van der Waals surface area contributed by atoms with Crippen LogP contribution in [-0.4, -0.2) is 35.5 Å². The molecule has 12 heavy (non-hydrogen) atoms. The minimum Gasteiger partial charge on any atom is -0.481 e. The van der Waals surface area contributed by atoms with Crippen molar-refractivity contribution in [3.8, 4) is 0 Å². The van der Waals surface area contributed by atoms with Gasteiger partial charge in [0.15, 0.2) is 0 Å². The molecule has 0 aromatic carbocycles. The van der Waals surface area contributed by atoms with Crippen molar-refractivity contribution in [2.75, 3.05) is 13.7 Å². The highest BCUT2D eigenvalue weighted by molar-refractivity contribution is 5.71. The van der Waals surface area contributed by atoms with Crippen molar-refractivity contribution < 1.29 is 19.7 Å². The molecule has 0 heterocycles. The average molecular weight is 176 g/mol. The van der Waals surface area contributed by atoms with Gasteiger partial charge in [0.2, 0.25) is 0 Å². The largest absolute Gasteiger partial charge is 0.481 e. The smallest absolute Gasteiger partial charge is 0.309 e. The zero-order valence-electron chi connectivity index (χ0n) is 7.70. The quantitative estimate of drug-likeness (QED) is 0.640. The van der Waals surface area contributed by atoms with Crippen LogP contribution in [0.2, 0.25) is 0 Å². The van der Waals surface area contributed by atoms with Crippen molar-refractivity contribution in [3.05, 3.63) is 0 Å². The zero-order valence-corrected chi connectivity index (χ0v) is 7.70. The fraction of sp³-hybridized carbons (Fsp3) is 0.875. The van der Waals surface area contributed by atoms with Crippen LogP contribution in [0.1, 0.15) is 20.3 Å². The summed E-state index contributed by atoms with van der Waals surface area (Å²) in [6, 6.07) is 0. The van der Waals surface area contributed by atoms with Gasteiger partial charge in [-0.25, -0.2) is 0 Å². The molecule has 0 saturated heterocycles. The SMILES string of the molecule is COC(C)(C)C(CCO)C(=O)O. The van der Waals surface area contributed by atoms with Gasteiger partial charge in [-0.05, 0) is 20.3 Å². The Morgan fingerprint density at radius 2 is 2.08 bits per heavy atom. The summed E-state index contributed by atoms with van der Waals surface area (Å²) in [5, 5.41) is 17.4. The molecular formula is C8H16O4. The molecule has 0 aliphatic heterocycles. The number of ether oxygens (including phenoxy) is 1. The minimum atomic E-state index is -0.934. The molecule has 0 aromatic heterocycles. The summed E-state index contributed by atoms with van der Waals surface area (Å²) in [6.07, 6.45) is 0.218. The fourth-order valence-corrected chi connectivity index (χ4v) is 1.04. The standard InChI is InChI=1S/C8H16O4/c1-8(2,12-3)6(4-5-9)7(10)11/h6,9H,4-5H2,1-3H3,(H,10,11). The van der Waals surface area contributed by atoms with Gasteiger partial charge in [-0.3, -0.25) is 4.79 Å². The first-order valence-corrected chi connectivity index (χ1v) is 3.84. The van der Waals surface area contributed by atoms with Crippen molar-refractivity contribution in [1.29, 1.82) is 0 Å². The number of carboxylic acid groups (broad SMARTS) is 1. The third kappa shape index (κ3) is 2.79. The van der Waals surface area contributed by atoms with Crippen LogP contribution in [-0.2, 0) is 9.53 Å². The minimum absolute atomic E-state index is 0.135. The van der Waals surface area contributed by atoms with E-state index >= 15 is 0 Å². The Morgan fingerprint density at radius 3 is 2.33 bits per heavy atom. The summed E-state index contributed by atoms with van der Waals surface area (Å²) in [5.74, 6) is -1.59. The maximum Gasteiger partial charge on any atom is 0.309 e. The highest BCUT2D eigenvalue weighted by Gasteiger charge is 2.34. The molecule has 72 valence electrons. The van der Waals surface area contributed by atoms with Crippen LogP contribution in [0, 0.1) is 5.92 Å². The topological polar surface area (TPSA) is 66.8 Å². The molecule has 1 atom stereocenters. The Hall–Kier alpha value is -0.610. The van der Waals surface area contributed by atoms with Crippen LogP contribution >= 0.6 is 0 Å². The van der Waals surface area contributed by atoms with Gasteiger partial charge in [-0.2, -0.15) is 0 Å². The molecule has 0 bridgehead atoms. The predicted octanol–water partition coefficient (Wildman–Crippen LogP) is 0.495. The van der Waals surface area contributed by atoms with Crippen molar-refractivity contribution >= 4 is 5.97 Å². The maximum atomic E-state index is 10.7. The van der Waals surface area contributed by atoms with E-state index in [9.17, 15) is 4.79 Å². The molecule has 0 rings (SSSR count). The van der Waals surface area contributed by atoms with E-state index in [4.69, 9.17) is 14.9 Å². The molecule has 0 saturated carbocycles. The molecule has 0 amide bonds. The molecule has 1 unspecified atom stereocenters. The van der Waals surface area contributed by atoms with Gasteiger partial charge < -0.3 is 14.9 Å². The van der Waals surface area contributed by atoms with Crippen LogP contribution in [0.25, 0.3) is 0 Å². The van der Waals surface area contributed by atoms with E-state index in [0.29, 0.717) is 0 Å². The number of aliphatic hydroxyl groups excluding tert-OH is 1. The fourth-order valence-electron chi connectivity index (χ4n) is 1.04. The van der Waals surface area contributed by atoms with Gasteiger partial charge in [-0.1, -0.05) is 0 Å². The monoisotopic (exact) mass is 176 g/mol. The molecule has 4 nitrogen and oxygen atoms in total. The summed E-state index contributed by atoms with van der Waals surface area (Å²) in [4.78, 5) is 10.7. The van der Waals surface area contributed by atoms with Crippen LogP contribution in [0.4, 0.5) is 0 Å². The first-order valence-electron chi connectivity index (χ1n) is 3.84. The van der Waals surface area contributed by atoms with Gasteiger partial charge >= 0.3 is 5.97 Å². The van der Waals surface area contributed by atoms with Crippen molar-refractivity contribution in [2.24, 2.45) is 5.92 Å². The summed E-state index contributed by atoms with van der Waals surface area (Å²) >= 11 is 0. The number of hydrogen-bond acceptors (Lipinski definition) is 3. The Morgan fingerprint density at radius 1 is 1.58 bits per heavy atom. The second kappa shape index (κ2) is 4.42. The van der Waals surface area contributed by atoms with E-state index in [2.05, 4.69) is 0 Å². The van der Waals surface area contributed by atoms with E-state index < -0.39 is 17.5 Å². The van der Waals surface area contributed by atoms with E-state index in [1.165, 1.54) is 7.11 Å². The van der Waals surface area contributed by atoms with Crippen molar-refractivity contribution in [3.63, 3.8) is 0 Å². The van der Waals surface area contributed by atoms with E-state index in [0.717, 1.165) is 0 Å². The lowest BCUT2D eigenvalue weighted by Crippen LogP contribution is -2.39. The molecule has 0 aliphatic carbocycles. The van der Waals surface area contributed by atoms with E-state index in [1.807, 2.05) is 0 Å². The molecule has 0 spiro atoms. The zero-order chi connectivity index (χ0) is 9.78. The second-order valence-electron chi connectivity index (χ2n) is 3.21. The lowest BCUT2D eigenvalue weighted by atomic mass is 9.88. The molecule has 0 aromatic rings. The number of rotatable bonds is 5. The average Bonchev–Trinajstić information content (AvgIpc) is 1.99. The highest BCUT2D eigenvalue weighted by atomic mass is 16.5. The van der Waals surface area contributed by atoms with Crippen molar-refractivity contribution in [2.45, 2.75) is 25.9 Å². The lowest BCUT2D eigenvalue weighted by molar-refractivity contribution is -0.153. The van der Waals surface area contributed by atoms with Crippen LogP contribution in [0.3, 0.4) is 0 Å². The summed E-state index contributed by atoms with van der Waals surface area (Å²) < 4.78 is 5.02. The first-order chi connectivity index (χ1) is 5.45. The Bertz CT molecular complexity index is 153. The first kappa shape index (κ1) is 11.4. The van der Waals surface area contributed by atoms with Crippen molar-refractivity contribution in [1.82, 2.24) is 0 Å². The summed E-state index contributed by atoms with van der Waals surface area (Å²) in [7, 11) is 1.47. The van der Waals surface area contributed by atoms with Crippen LogP contribution in [0.5, 0.6) is 0 Å². The molecule has 0 fully saturated rings. The van der Waals surface area contributed by atoms with Gasteiger partial charge in [0.1, 0.15) is 0 Å². The molecule has 0 radical (unpaired) electrons. The molecular weight excluding hydrogens is 160 g/mol. The third-order valence-corrected chi connectivity index (χ3v) is 2.08. The Kier molecular flexibility index (Phi) is 4.20. The van der Waals surface area contributed by atoms with Gasteiger partial charge in [0.05, 0.1) is 11.5 Å². The second-order valence-corrected chi connectivity index (χ2v) is 3.21. The number of carboxylic acids is 1. The summed E-state index contributed by atoms with van der Waals surface area (Å²) in [5.41, 5.74) is -0.728. The number of aliphatic carboxylic acids is 1. The maximum absolute atomic E-state index is 10.7.